The molecule has 1 fully saturated rings. The maximum atomic E-state index is 11.9. The highest BCUT2D eigenvalue weighted by Gasteiger charge is 2.25. The summed E-state index contributed by atoms with van der Waals surface area (Å²) in [5, 5.41) is 2.72. The second kappa shape index (κ2) is 6.43. The normalized spacial score (nSPS) is 14.4. The third-order valence-corrected chi connectivity index (χ3v) is 3.49. The van der Waals surface area contributed by atoms with Crippen molar-refractivity contribution in [2.75, 3.05) is 6.54 Å². The first-order valence-electron chi connectivity index (χ1n) is 7.28. The average molecular weight is 299 g/mol. The number of rotatable bonds is 6. The lowest BCUT2D eigenvalue weighted by atomic mass is 10.3. The number of hydrogen-bond acceptors (Lipinski definition) is 4. The summed E-state index contributed by atoms with van der Waals surface area (Å²) >= 11 is 0. The Labute approximate surface area is 127 Å². The molecular weight excluding hydrogens is 282 g/mol. The summed E-state index contributed by atoms with van der Waals surface area (Å²) in [5.41, 5.74) is 0.809. The van der Waals surface area contributed by atoms with Gasteiger partial charge in [0.1, 0.15) is 5.76 Å². The predicted molar refractivity (Wildman–Crippen MR) is 81.2 cm³/mol. The molecule has 2 aromatic rings. The van der Waals surface area contributed by atoms with Crippen molar-refractivity contribution in [3.05, 3.63) is 58.7 Å². The van der Waals surface area contributed by atoms with Crippen LogP contribution >= 0.6 is 0 Å². The minimum Gasteiger partial charge on any atom is -0.465 e. The van der Waals surface area contributed by atoms with Gasteiger partial charge >= 0.3 is 0 Å². The Morgan fingerprint density at radius 1 is 1.50 bits per heavy atom. The molecule has 0 radical (unpaired) electrons. The van der Waals surface area contributed by atoms with E-state index in [0.29, 0.717) is 24.8 Å². The van der Waals surface area contributed by atoms with Crippen LogP contribution in [0.4, 0.5) is 0 Å². The first kappa shape index (κ1) is 14.3. The van der Waals surface area contributed by atoms with Crippen molar-refractivity contribution in [2.24, 2.45) is 0 Å². The molecule has 1 saturated carbocycles. The van der Waals surface area contributed by atoms with Crippen molar-refractivity contribution in [1.29, 1.82) is 0 Å². The number of amides is 1. The van der Waals surface area contributed by atoms with Crippen LogP contribution in [0, 0.1) is 0 Å². The van der Waals surface area contributed by atoms with Crippen LogP contribution in [-0.2, 0) is 11.3 Å². The van der Waals surface area contributed by atoms with Crippen LogP contribution in [0.25, 0.3) is 6.08 Å². The Morgan fingerprint density at radius 2 is 2.36 bits per heavy atom. The van der Waals surface area contributed by atoms with Crippen LogP contribution < -0.4 is 10.9 Å². The summed E-state index contributed by atoms with van der Waals surface area (Å²) in [4.78, 5) is 27.8. The molecule has 6 heteroatoms. The van der Waals surface area contributed by atoms with E-state index in [0.717, 1.165) is 18.5 Å². The van der Waals surface area contributed by atoms with Crippen molar-refractivity contribution < 1.29 is 9.21 Å². The molecule has 0 aromatic carbocycles. The number of carbonyl (C=O) groups is 1. The number of aromatic nitrogens is 2. The van der Waals surface area contributed by atoms with Crippen molar-refractivity contribution in [3.8, 4) is 0 Å². The molecule has 3 rings (SSSR count). The standard InChI is InChI=1S/C16H17N3O3/c20-15(6-5-13-2-1-9-22-13)17-7-8-19-11-18-14(10-16(19)21)12-3-4-12/h1-2,5-6,9-12H,3-4,7-8H2,(H,17,20). The monoisotopic (exact) mass is 299 g/mol. The highest BCUT2D eigenvalue weighted by Crippen LogP contribution is 2.38. The maximum absolute atomic E-state index is 11.9. The highest BCUT2D eigenvalue weighted by atomic mass is 16.3. The molecule has 0 unspecified atom stereocenters. The molecule has 114 valence electrons. The molecule has 22 heavy (non-hydrogen) atoms. The molecule has 0 bridgehead atoms. The van der Waals surface area contributed by atoms with Crippen molar-refractivity contribution in [1.82, 2.24) is 14.9 Å². The lowest BCUT2D eigenvalue weighted by Crippen LogP contribution is -2.30. The van der Waals surface area contributed by atoms with Crippen LogP contribution in [0.1, 0.15) is 30.2 Å². The SMILES string of the molecule is O=C(C=Cc1ccco1)NCCn1cnc(C2CC2)cc1=O. The van der Waals surface area contributed by atoms with Gasteiger partial charge in [0.15, 0.2) is 0 Å². The molecule has 0 spiro atoms. The van der Waals surface area contributed by atoms with E-state index in [1.54, 1.807) is 36.9 Å². The quantitative estimate of drug-likeness (QED) is 0.821. The lowest BCUT2D eigenvalue weighted by Gasteiger charge is -2.06. The van der Waals surface area contributed by atoms with E-state index < -0.39 is 0 Å². The first-order valence-corrected chi connectivity index (χ1v) is 7.28. The number of furan rings is 1. The van der Waals surface area contributed by atoms with Gasteiger partial charge < -0.3 is 9.73 Å². The summed E-state index contributed by atoms with van der Waals surface area (Å²) in [7, 11) is 0. The summed E-state index contributed by atoms with van der Waals surface area (Å²) in [5.74, 6) is 0.854. The Kier molecular flexibility index (Phi) is 4.18. The molecule has 1 aliphatic rings. The highest BCUT2D eigenvalue weighted by molar-refractivity contribution is 5.91. The van der Waals surface area contributed by atoms with Gasteiger partial charge in [0.25, 0.3) is 5.56 Å². The van der Waals surface area contributed by atoms with E-state index in [2.05, 4.69) is 10.3 Å². The van der Waals surface area contributed by atoms with Crippen molar-refractivity contribution in [2.45, 2.75) is 25.3 Å². The van der Waals surface area contributed by atoms with Gasteiger partial charge in [0.2, 0.25) is 5.91 Å². The van der Waals surface area contributed by atoms with Crippen molar-refractivity contribution in [3.63, 3.8) is 0 Å². The summed E-state index contributed by atoms with van der Waals surface area (Å²) in [6, 6.07) is 5.11. The fraction of sp³-hybridized carbons (Fsp3) is 0.312. The van der Waals surface area contributed by atoms with Crippen LogP contribution in [0.15, 0.2) is 46.1 Å². The summed E-state index contributed by atoms with van der Waals surface area (Å²) < 4.78 is 6.59. The minimum atomic E-state index is -0.230. The largest absolute Gasteiger partial charge is 0.465 e. The molecule has 2 heterocycles. The Bertz CT molecular complexity index is 727. The molecule has 6 nitrogen and oxygen atoms in total. The van der Waals surface area contributed by atoms with Gasteiger partial charge in [-0.2, -0.15) is 0 Å². The van der Waals surface area contributed by atoms with Crippen LogP contribution in [0.2, 0.25) is 0 Å². The number of nitrogens with one attached hydrogen (secondary N) is 1. The van der Waals surface area contributed by atoms with E-state index >= 15 is 0 Å². The van der Waals surface area contributed by atoms with Crippen molar-refractivity contribution >= 4 is 12.0 Å². The zero-order valence-corrected chi connectivity index (χ0v) is 12.1. The molecule has 1 amide bonds. The van der Waals surface area contributed by atoms with Gasteiger partial charge in [-0.25, -0.2) is 4.98 Å². The van der Waals surface area contributed by atoms with Crippen LogP contribution in [-0.4, -0.2) is 22.0 Å². The molecule has 0 aliphatic heterocycles. The molecule has 0 saturated heterocycles. The average Bonchev–Trinajstić information content (AvgIpc) is 3.23. The fourth-order valence-electron chi connectivity index (χ4n) is 2.11. The second-order valence-corrected chi connectivity index (χ2v) is 5.26. The van der Waals surface area contributed by atoms with Gasteiger partial charge in [-0.3, -0.25) is 14.2 Å². The van der Waals surface area contributed by atoms with Crippen LogP contribution in [0.3, 0.4) is 0 Å². The van der Waals surface area contributed by atoms with E-state index in [1.165, 1.54) is 10.6 Å². The van der Waals surface area contributed by atoms with E-state index in [-0.39, 0.29) is 11.5 Å². The van der Waals surface area contributed by atoms with E-state index in [1.807, 2.05) is 0 Å². The Hall–Kier alpha value is -2.63. The number of hydrogen-bond donors (Lipinski definition) is 1. The molecule has 1 aliphatic carbocycles. The summed E-state index contributed by atoms with van der Waals surface area (Å²) in [6.45, 7) is 0.767. The number of nitrogens with zero attached hydrogens (tertiary/aromatic N) is 2. The van der Waals surface area contributed by atoms with E-state index in [4.69, 9.17) is 4.42 Å². The Morgan fingerprint density at radius 3 is 3.05 bits per heavy atom. The second-order valence-electron chi connectivity index (χ2n) is 5.26. The first-order chi connectivity index (χ1) is 10.7. The Balaban J connectivity index is 1.48. The molecule has 1 N–H and O–H groups in total. The predicted octanol–water partition coefficient (Wildman–Crippen LogP) is 1.54. The van der Waals surface area contributed by atoms with Gasteiger partial charge in [-0.05, 0) is 31.1 Å². The summed E-state index contributed by atoms with van der Waals surface area (Å²) in [6.07, 6.45) is 8.33. The fourth-order valence-corrected chi connectivity index (χ4v) is 2.11. The smallest absolute Gasteiger partial charge is 0.253 e. The molecular formula is C16H17N3O3. The van der Waals surface area contributed by atoms with Crippen LogP contribution in [0.5, 0.6) is 0 Å². The molecule has 2 aromatic heterocycles. The lowest BCUT2D eigenvalue weighted by molar-refractivity contribution is -0.116. The van der Waals surface area contributed by atoms with E-state index in [9.17, 15) is 9.59 Å². The van der Waals surface area contributed by atoms with Gasteiger partial charge in [0.05, 0.1) is 18.3 Å². The number of carbonyl (C=O) groups excluding carboxylic acids is 1. The topological polar surface area (TPSA) is 77.1 Å². The molecule has 0 atom stereocenters. The zero-order valence-electron chi connectivity index (χ0n) is 12.1. The van der Waals surface area contributed by atoms with Gasteiger partial charge in [-0.1, -0.05) is 0 Å². The third-order valence-electron chi connectivity index (χ3n) is 3.49. The van der Waals surface area contributed by atoms with Gasteiger partial charge in [0, 0.05) is 31.1 Å². The third kappa shape index (κ3) is 3.72. The maximum Gasteiger partial charge on any atom is 0.253 e. The van der Waals surface area contributed by atoms with Gasteiger partial charge in [-0.15, -0.1) is 0 Å². The minimum absolute atomic E-state index is 0.0720. The zero-order chi connectivity index (χ0) is 15.4.